The fourth-order valence-electron chi connectivity index (χ4n) is 3.53. The highest BCUT2D eigenvalue weighted by molar-refractivity contribution is 7.93. The van der Waals surface area contributed by atoms with E-state index >= 15 is 0 Å². The van der Waals surface area contributed by atoms with Gasteiger partial charge in [0, 0.05) is 24.5 Å². The number of pyridine rings is 1. The second-order valence-corrected chi connectivity index (χ2v) is 10.4. The Morgan fingerprint density at radius 3 is 2.56 bits per heavy atom. The Labute approximate surface area is 191 Å². The number of anilines is 1. The van der Waals surface area contributed by atoms with Crippen LogP contribution in [0.25, 0.3) is 0 Å². The predicted molar refractivity (Wildman–Crippen MR) is 125 cm³/mol. The Balaban J connectivity index is 1.38. The van der Waals surface area contributed by atoms with Crippen LogP contribution in [0.5, 0.6) is 5.88 Å². The lowest BCUT2D eigenvalue weighted by atomic mass is 10.2. The van der Waals surface area contributed by atoms with Crippen LogP contribution in [0.15, 0.2) is 58.9 Å². The van der Waals surface area contributed by atoms with Crippen molar-refractivity contribution in [3.63, 3.8) is 0 Å². The van der Waals surface area contributed by atoms with Crippen LogP contribution < -0.4 is 14.8 Å². The number of nitrogens with one attached hydrogen (secondary N) is 2. The Bertz CT molecular complexity index is 1170. The normalized spacial score (nSPS) is 14.3. The maximum absolute atomic E-state index is 12.8. The van der Waals surface area contributed by atoms with Gasteiger partial charge in [-0.2, -0.15) is 0 Å². The van der Waals surface area contributed by atoms with Crippen molar-refractivity contribution in [2.24, 2.45) is 0 Å². The van der Waals surface area contributed by atoms with Gasteiger partial charge in [0.25, 0.3) is 15.9 Å². The first-order valence-electron chi connectivity index (χ1n) is 10.5. The molecule has 0 radical (unpaired) electrons. The van der Waals surface area contributed by atoms with Crippen LogP contribution in [0.1, 0.15) is 46.5 Å². The van der Waals surface area contributed by atoms with Gasteiger partial charge in [0.15, 0.2) is 0 Å². The average Bonchev–Trinajstić information content (AvgIpc) is 3.47. The van der Waals surface area contributed by atoms with E-state index in [0.717, 1.165) is 35.3 Å². The number of sulfonamides is 1. The van der Waals surface area contributed by atoms with Gasteiger partial charge >= 0.3 is 0 Å². The van der Waals surface area contributed by atoms with Crippen LogP contribution in [0, 0.1) is 6.92 Å². The fraction of sp³-hybridized carbons (Fsp3) is 0.304. The number of nitrogens with zero attached hydrogens (tertiary/aromatic N) is 1. The summed E-state index contributed by atoms with van der Waals surface area (Å²) in [6.07, 6.45) is 6.40. The predicted octanol–water partition coefficient (Wildman–Crippen LogP) is 4.50. The maximum atomic E-state index is 12.8. The van der Waals surface area contributed by atoms with Gasteiger partial charge in [-0.05, 0) is 61.7 Å². The minimum atomic E-state index is -3.89. The molecule has 0 bridgehead atoms. The van der Waals surface area contributed by atoms with E-state index in [2.05, 4.69) is 15.0 Å². The number of rotatable bonds is 8. The third-order valence-electron chi connectivity index (χ3n) is 5.27. The second-order valence-electron chi connectivity index (χ2n) is 7.80. The average molecular weight is 472 g/mol. The van der Waals surface area contributed by atoms with E-state index in [9.17, 15) is 13.2 Å². The first kappa shape index (κ1) is 22.3. The van der Waals surface area contributed by atoms with E-state index in [1.807, 2.05) is 25.1 Å². The van der Waals surface area contributed by atoms with Crippen molar-refractivity contribution in [1.29, 1.82) is 0 Å². The lowest BCUT2D eigenvalue weighted by molar-refractivity contribution is 0.0952. The van der Waals surface area contributed by atoms with Gasteiger partial charge in [-0.15, -0.1) is 11.3 Å². The molecule has 9 heteroatoms. The van der Waals surface area contributed by atoms with Crippen LogP contribution in [0.3, 0.4) is 0 Å². The molecule has 0 unspecified atom stereocenters. The van der Waals surface area contributed by atoms with Gasteiger partial charge in [-0.1, -0.05) is 23.8 Å². The summed E-state index contributed by atoms with van der Waals surface area (Å²) in [6.45, 7) is 2.16. The quantitative estimate of drug-likeness (QED) is 0.504. The summed E-state index contributed by atoms with van der Waals surface area (Å²) in [5.74, 6) is 0.136. The molecule has 168 valence electrons. The number of hydrogen-bond donors (Lipinski definition) is 2. The molecule has 1 fully saturated rings. The Morgan fingerprint density at radius 2 is 1.88 bits per heavy atom. The van der Waals surface area contributed by atoms with Gasteiger partial charge in [0.1, 0.15) is 15.9 Å². The summed E-state index contributed by atoms with van der Waals surface area (Å²) in [7, 11) is -3.89. The number of benzene rings is 1. The lowest BCUT2D eigenvalue weighted by Crippen LogP contribution is -2.24. The number of aromatic nitrogens is 1. The minimum absolute atomic E-state index is 0.0426. The van der Waals surface area contributed by atoms with Gasteiger partial charge in [-0.3, -0.25) is 9.52 Å². The smallest absolute Gasteiger partial charge is 0.263 e. The monoisotopic (exact) mass is 471 g/mol. The lowest BCUT2D eigenvalue weighted by Gasteiger charge is -2.12. The molecule has 4 rings (SSSR count). The van der Waals surface area contributed by atoms with Crippen molar-refractivity contribution < 1.29 is 17.9 Å². The molecule has 7 nitrogen and oxygen atoms in total. The molecule has 1 amide bonds. The van der Waals surface area contributed by atoms with Crippen molar-refractivity contribution in [3.05, 3.63) is 70.0 Å². The van der Waals surface area contributed by atoms with Crippen LogP contribution in [0.2, 0.25) is 0 Å². The van der Waals surface area contributed by atoms with Crippen molar-refractivity contribution in [2.75, 3.05) is 4.72 Å². The van der Waals surface area contributed by atoms with E-state index in [0.29, 0.717) is 11.6 Å². The van der Waals surface area contributed by atoms with Crippen LogP contribution >= 0.6 is 11.3 Å². The molecule has 0 aliphatic heterocycles. The highest BCUT2D eigenvalue weighted by Crippen LogP contribution is 2.25. The Kier molecular flexibility index (Phi) is 6.76. The summed E-state index contributed by atoms with van der Waals surface area (Å²) in [6, 6.07) is 12.1. The Hall–Kier alpha value is -2.91. The van der Waals surface area contributed by atoms with Crippen molar-refractivity contribution in [3.8, 4) is 5.88 Å². The number of thiophene rings is 1. The molecule has 1 aliphatic rings. The second kappa shape index (κ2) is 9.70. The van der Waals surface area contributed by atoms with Gasteiger partial charge in [0.2, 0.25) is 5.88 Å². The standard InChI is InChI=1S/C23H25N3O4S2/c1-16-6-9-18(10-7-16)26-32(28,29)20-12-13-31-22(20)23(27)25-15-17-8-11-21(24-14-17)30-19-4-2-3-5-19/h6-14,19,26H,2-5,15H2,1H3,(H,25,27). The zero-order valence-electron chi connectivity index (χ0n) is 17.7. The van der Waals surface area contributed by atoms with Crippen LogP contribution in [0.4, 0.5) is 5.69 Å². The number of amides is 1. The van der Waals surface area contributed by atoms with Crippen LogP contribution in [-0.4, -0.2) is 25.4 Å². The zero-order valence-corrected chi connectivity index (χ0v) is 19.3. The Morgan fingerprint density at radius 1 is 1.12 bits per heavy atom. The molecule has 32 heavy (non-hydrogen) atoms. The van der Waals surface area contributed by atoms with E-state index < -0.39 is 15.9 Å². The van der Waals surface area contributed by atoms with E-state index in [1.165, 1.54) is 18.9 Å². The number of carbonyl (C=O) groups is 1. The molecular weight excluding hydrogens is 446 g/mol. The summed E-state index contributed by atoms with van der Waals surface area (Å²) in [5.41, 5.74) is 2.27. The first-order valence-corrected chi connectivity index (χ1v) is 12.8. The van der Waals surface area contributed by atoms with E-state index in [-0.39, 0.29) is 22.4 Å². The highest BCUT2D eigenvalue weighted by atomic mass is 32.2. The molecular formula is C23H25N3O4S2. The van der Waals surface area contributed by atoms with Gasteiger partial charge in [-0.25, -0.2) is 13.4 Å². The van der Waals surface area contributed by atoms with Crippen molar-refractivity contribution in [2.45, 2.75) is 50.2 Å². The number of aryl methyl sites for hydroxylation is 1. The molecule has 1 saturated carbocycles. The zero-order chi connectivity index (χ0) is 22.6. The van der Waals surface area contributed by atoms with Gasteiger partial charge in [0.05, 0.1) is 0 Å². The molecule has 2 aromatic heterocycles. The summed E-state index contributed by atoms with van der Waals surface area (Å²) in [5, 5.41) is 4.37. The molecule has 3 aromatic rings. The molecule has 1 aliphatic carbocycles. The largest absolute Gasteiger partial charge is 0.474 e. The third kappa shape index (κ3) is 5.46. The summed E-state index contributed by atoms with van der Waals surface area (Å²) >= 11 is 1.09. The first-order chi connectivity index (χ1) is 15.4. The molecule has 2 heterocycles. The number of carbonyl (C=O) groups excluding carboxylic acids is 1. The van der Waals surface area contributed by atoms with Gasteiger partial charge < -0.3 is 10.1 Å². The molecule has 0 atom stereocenters. The number of ether oxygens (including phenoxy) is 1. The van der Waals surface area contributed by atoms with E-state index in [1.54, 1.807) is 29.8 Å². The molecule has 2 N–H and O–H groups in total. The molecule has 0 spiro atoms. The third-order valence-corrected chi connectivity index (χ3v) is 7.73. The number of hydrogen-bond acceptors (Lipinski definition) is 6. The molecule has 0 saturated heterocycles. The maximum Gasteiger partial charge on any atom is 0.263 e. The topological polar surface area (TPSA) is 97.4 Å². The van der Waals surface area contributed by atoms with Crippen LogP contribution in [-0.2, 0) is 16.6 Å². The molecule has 1 aromatic carbocycles. The SMILES string of the molecule is Cc1ccc(NS(=O)(=O)c2ccsc2C(=O)NCc2ccc(OC3CCCC3)nc2)cc1. The highest BCUT2D eigenvalue weighted by Gasteiger charge is 2.24. The summed E-state index contributed by atoms with van der Waals surface area (Å²) < 4.78 is 34.0. The van der Waals surface area contributed by atoms with Crippen molar-refractivity contribution in [1.82, 2.24) is 10.3 Å². The van der Waals surface area contributed by atoms with Crippen molar-refractivity contribution >= 4 is 33.0 Å². The fourth-order valence-corrected chi connectivity index (χ4v) is 5.93. The summed E-state index contributed by atoms with van der Waals surface area (Å²) in [4.78, 5) is 17.1. The minimum Gasteiger partial charge on any atom is -0.474 e. The van der Waals surface area contributed by atoms with E-state index in [4.69, 9.17) is 4.74 Å².